The molecule has 8 heteroatoms. The van der Waals surface area contributed by atoms with Gasteiger partial charge in [0, 0.05) is 38.6 Å². The van der Waals surface area contributed by atoms with Crippen LogP contribution in [0.2, 0.25) is 0 Å². The molecular formula is C25H36N8. The zero-order valence-corrected chi connectivity index (χ0v) is 19.9. The van der Waals surface area contributed by atoms with Crippen LogP contribution in [0, 0.1) is 18.8 Å². The summed E-state index contributed by atoms with van der Waals surface area (Å²) >= 11 is 0. The lowest BCUT2D eigenvalue weighted by Crippen LogP contribution is -2.46. The maximum Gasteiger partial charge on any atom is 0.191 e. The minimum absolute atomic E-state index is 0.566. The summed E-state index contributed by atoms with van der Waals surface area (Å²) < 4.78 is 4.43. The summed E-state index contributed by atoms with van der Waals surface area (Å²) in [7, 11) is 0. The fourth-order valence-electron chi connectivity index (χ4n) is 5.68. The second-order valence-corrected chi connectivity index (χ2v) is 9.53. The van der Waals surface area contributed by atoms with Crippen LogP contribution in [0.5, 0.6) is 0 Å². The molecule has 3 atom stereocenters. The fraction of sp³-hybridized carbons (Fsp3) is 0.600. The Hall–Kier alpha value is -2.90. The second-order valence-electron chi connectivity index (χ2n) is 9.53. The molecule has 2 fully saturated rings. The lowest BCUT2D eigenvalue weighted by Gasteiger charge is -2.25. The molecule has 0 saturated heterocycles. The largest absolute Gasteiger partial charge is 0.355 e. The van der Waals surface area contributed by atoms with Crippen LogP contribution >= 0.6 is 0 Å². The Morgan fingerprint density at radius 1 is 1.18 bits per heavy atom. The van der Waals surface area contributed by atoms with Crippen molar-refractivity contribution in [1.29, 1.82) is 0 Å². The molecule has 3 unspecified atom stereocenters. The van der Waals surface area contributed by atoms with Gasteiger partial charge < -0.3 is 19.8 Å². The number of aromatic nitrogens is 5. The highest BCUT2D eigenvalue weighted by Gasteiger charge is 2.39. The smallest absolute Gasteiger partial charge is 0.191 e. The summed E-state index contributed by atoms with van der Waals surface area (Å²) in [5, 5.41) is 15.6. The number of hydrogen-bond acceptors (Lipinski definition) is 4. The first-order chi connectivity index (χ1) is 16.2. The van der Waals surface area contributed by atoms with Gasteiger partial charge in [-0.1, -0.05) is 25.5 Å². The molecule has 0 spiro atoms. The quantitative estimate of drug-likeness (QED) is 0.298. The van der Waals surface area contributed by atoms with E-state index in [9.17, 15) is 0 Å². The Balaban J connectivity index is 1.19. The number of fused-ring (bicyclic) bond motifs is 3. The molecule has 1 aromatic carbocycles. The monoisotopic (exact) mass is 448 g/mol. The summed E-state index contributed by atoms with van der Waals surface area (Å²) in [4.78, 5) is 9.65. The van der Waals surface area contributed by atoms with Gasteiger partial charge in [0.05, 0.1) is 11.0 Å². The molecular weight excluding hydrogens is 412 g/mol. The van der Waals surface area contributed by atoms with Gasteiger partial charge in [-0.05, 0) is 56.6 Å². The third-order valence-corrected chi connectivity index (χ3v) is 7.37. The van der Waals surface area contributed by atoms with Crippen LogP contribution in [0.4, 0.5) is 0 Å². The standard InChI is InChI=1S/C25H36N8/c1-3-24-31-28-17-32(24)14-12-27-25(30-22-16-19-9-10-20(22)15-19)26-11-6-13-33-18(2)29-21-7-4-5-8-23(21)33/h4-5,7-8,17,19-20,22H,3,6,9-16H2,1-2H3,(H2,26,27,30). The van der Waals surface area contributed by atoms with E-state index in [2.05, 4.69) is 67.0 Å². The number of aliphatic imine (C=N–C) groups is 1. The van der Waals surface area contributed by atoms with Gasteiger partial charge in [0.2, 0.25) is 0 Å². The number of para-hydroxylation sites is 2. The molecule has 2 N–H and O–H groups in total. The molecule has 2 heterocycles. The number of imidazole rings is 1. The molecule has 176 valence electrons. The van der Waals surface area contributed by atoms with E-state index in [1.165, 1.54) is 31.2 Å². The highest BCUT2D eigenvalue weighted by molar-refractivity contribution is 5.80. The van der Waals surface area contributed by atoms with E-state index in [0.29, 0.717) is 6.04 Å². The van der Waals surface area contributed by atoms with Crippen molar-refractivity contribution in [2.75, 3.05) is 13.1 Å². The predicted molar refractivity (Wildman–Crippen MR) is 131 cm³/mol. The first kappa shape index (κ1) is 21.9. The number of aryl methyl sites for hydroxylation is 3. The number of guanidine groups is 1. The second kappa shape index (κ2) is 9.93. The van der Waals surface area contributed by atoms with Crippen molar-refractivity contribution < 1.29 is 0 Å². The molecule has 2 bridgehead atoms. The normalized spacial score (nSPS) is 22.4. The van der Waals surface area contributed by atoms with Crippen molar-refractivity contribution >= 4 is 17.0 Å². The van der Waals surface area contributed by atoms with Gasteiger partial charge in [0.25, 0.3) is 0 Å². The number of nitrogens with zero attached hydrogens (tertiary/aromatic N) is 6. The zero-order valence-electron chi connectivity index (χ0n) is 19.9. The van der Waals surface area contributed by atoms with Gasteiger partial charge in [-0.3, -0.25) is 4.99 Å². The lowest BCUT2D eigenvalue weighted by atomic mass is 9.95. The molecule has 0 radical (unpaired) electrons. The van der Waals surface area contributed by atoms with Crippen molar-refractivity contribution in [3.8, 4) is 0 Å². The molecule has 2 aliphatic carbocycles. The van der Waals surface area contributed by atoms with E-state index in [4.69, 9.17) is 4.99 Å². The van der Waals surface area contributed by atoms with Crippen molar-refractivity contribution in [2.24, 2.45) is 16.8 Å². The van der Waals surface area contributed by atoms with Crippen molar-refractivity contribution in [1.82, 2.24) is 34.9 Å². The van der Waals surface area contributed by atoms with E-state index in [0.717, 1.165) is 74.0 Å². The molecule has 33 heavy (non-hydrogen) atoms. The van der Waals surface area contributed by atoms with E-state index < -0.39 is 0 Å². The van der Waals surface area contributed by atoms with Gasteiger partial charge in [0.15, 0.2) is 5.96 Å². The minimum Gasteiger partial charge on any atom is -0.355 e. The summed E-state index contributed by atoms with van der Waals surface area (Å²) in [6, 6.07) is 8.93. The molecule has 2 aliphatic rings. The van der Waals surface area contributed by atoms with Crippen LogP contribution < -0.4 is 10.6 Å². The summed E-state index contributed by atoms with van der Waals surface area (Å²) in [5.74, 6) is 4.77. The Labute approximate surface area is 195 Å². The lowest BCUT2D eigenvalue weighted by molar-refractivity contribution is 0.386. The maximum atomic E-state index is 4.96. The van der Waals surface area contributed by atoms with E-state index in [-0.39, 0.29) is 0 Å². The molecule has 0 aliphatic heterocycles. The first-order valence-electron chi connectivity index (χ1n) is 12.5. The molecule has 8 nitrogen and oxygen atoms in total. The average molecular weight is 449 g/mol. The molecule has 2 saturated carbocycles. The highest BCUT2D eigenvalue weighted by atomic mass is 15.3. The maximum absolute atomic E-state index is 4.96. The predicted octanol–water partition coefficient (Wildman–Crippen LogP) is 3.31. The Morgan fingerprint density at radius 2 is 2.09 bits per heavy atom. The Kier molecular flexibility index (Phi) is 6.60. The Morgan fingerprint density at radius 3 is 2.91 bits per heavy atom. The SMILES string of the molecule is CCc1nncn1CCNC(=NCCCn1c(C)nc2ccccc21)NC1CC2CCC1C2. The van der Waals surface area contributed by atoms with Crippen molar-refractivity contribution in [2.45, 2.75) is 71.5 Å². The van der Waals surface area contributed by atoms with E-state index in [1.54, 1.807) is 0 Å². The van der Waals surface area contributed by atoms with E-state index >= 15 is 0 Å². The number of benzene rings is 1. The van der Waals surface area contributed by atoms with Crippen LogP contribution in [0.25, 0.3) is 11.0 Å². The molecule has 2 aromatic heterocycles. The van der Waals surface area contributed by atoms with Crippen LogP contribution in [0.3, 0.4) is 0 Å². The van der Waals surface area contributed by atoms with Crippen molar-refractivity contribution in [3.05, 3.63) is 42.2 Å². The average Bonchev–Trinajstić information content (AvgIpc) is 3.60. The first-order valence-corrected chi connectivity index (χ1v) is 12.5. The number of rotatable bonds is 9. The van der Waals surface area contributed by atoms with Crippen molar-refractivity contribution in [3.63, 3.8) is 0 Å². The number of hydrogen-bond donors (Lipinski definition) is 2. The number of nitrogens with one attached hydrogen (secondary N) is 2. The van der Waals surface area contributed by atoms with E-state index in [1.807, 2.05) is 12.4 Å². The van der Waals surface area contributed by atoms with Gasteiger partial charge in [-0.15, -0.1) is 10.2 Å². The summed E-state index contributed by atoms with van der Waals surface area (Å²) in [5.41, 5.74) is 2.28. The van der Waals surface area contributed by atoms with Gasteiger partial charge in [-0.25, -0.2) is 4.98 Å². The molecule has 5 rings (SSSR count). The Bertz CT molecular complexity index is 1100. The summed E-state index contributed by atoms with van der Waals surface area (Å²) in [6.07, 6.45) is 9.15. The zero-order chi connectivity index (χ0) is 22.6. The van der Waals surface area contributed by atoms with Crippen LogP contribution in [-0.4, -0.2) is 49.4 Å². The third-order valence-electron chi connectivity index (χ3n) is 7.37. The third kappa shape index (κ3) is 4.89. The molecule has 3 aromatic rings. The van der Waals surface area contributed by atoms with Gasteiger partial charge in [-0.2, -0.15) is 0 Å². The molecule has 0 amide bonds. The van der Waals surface area contributed by atoms with Crippen LogP contribution in [0.15, 0.2) is 35.6 Å². The minimum atomic E-state index is 0.566. The van der Waals surface area contributed by atoms with Crippen LogP contribution in [-0.2, 0) is 19.5 Å². The summed E-state index contributed by atoms with van der Waals surface area (Å²) in [6.45, 7) is 7.56. The van der Waals surface area contributed by atoms with Gasteiger partial charge >= 0.3 is 0 Å². The highest BCUT2D eigenvalue weighted by Crippen LogP contribution is 2.44. The van der Waals surface area contributed by atoms with Gasteiger partial charge in [0.1, 0.15) is 18.0 Å². The fourth-order valence-corrected chi connectivity index (χ4v) is 5.68. The van der Waals surface area contributed by atoms with Crippen LogP contribution in [0.1, 0.15) is 50.7 Å². The topological polar surface area (TPSA) is 85.0 Å².